The number of primary amides is 1. The molecular formula is C26H20N2O4. The third-order valence-electron chi connectivity index (χ3n) is 5.70. The predicted molar refractivity (Wildman–Crippen MR) is 124 cm³/mol. The van der Waals surface area contributed by atoms with Gasteiger partial charge >= 0.3 is 5.97 Å². The molecule has 5 rings (SSSR count). The Labute approximate surface area is 183 Å². The van der Waals surface area contributed by atoms with Crippen LogP contribution in [0.25, 0.3) is 32.6 Å². The summed E-state index contributed by atoms with van der Waals surface area (Å²) in [6.07, 6.45) is 0. The van der Waals surface area contributed by atoms with Gasteiger partial charge in [-0.2, -0.15) is 0 Å². The number of ether oxygens (including phenoxy) is 1. The van der Waals surface area contributed by atoms with Crippen molar-refractivity contribution in [2.75, 3.05) is 6.61 Å². The van der Waals surface area contributed by atoms with E-state index in [0.29, 0.717) is 28.6 Å². The first-order valence-corrected chi connectivity index (χ1v) is 10.2. The lowest BCUT2D eigenvalue weighted by molar-refractivity contribution is -0.139. The fraction of sp³-hybridized carbons (Fsp3) is 0.0769. The average molecular weight is 424 g/mol. The molecule has 0 saturated carbocycles. The molecule has 32 heavy (non-hydrogen) atoms. The molecule has 3 N–H and O–H groups in total. The van der Waals surface area contributed by atoms with Gasteiger partial charge in [0.1, 0.15) is 5.75 Å². The number of amides is 1. The molecular weight excluding hydrogens is 404 g/mol. The molecule has 4 aromatic carbocycles. The topological polar surface area (TPSA) is 94.6 Å². The van der Waals surface area contributed by atoms with Crippen LogP contribution in [0.1, 0.15) is 15.9 Å². The zero-order valence-corrected chi connectivity index (χ0v) is 17.1. The van der Waals surface area contributed by atoms with Crippen LogP contribution < -0.4 is 10.5 Å². The second-order valence-electron chi connectivity index (χ2n) is 7.62. The normalized spacial score (nSPS) is 11.2. The molecule has 5 aromatic rings. The fourth-order valence-corrected chi connectivity index (χ4v) is 4.39. The molecule has 1 aromatic heterocycles. The maximum absolute atomic E-state index is 12.3. The Hall–Kier alpha value is -4.32. The molecule has 0 radical (unpaired) electrons. The van der Waals surface area contributed by atoms with Gasteiger partial charge in [0.15, 0.2) is 6.61 Å². The van der Waals surface area contributed by atoms with E-state index in [1.807, 2.05) is 36.4 Å². The van der Waals surface area contributed by atoms with Crippen molar-refractivity contribution in [3.8, 4) is 5.75 Å². The van der Waals surface area contributed by atoms with Crippen molar-refractivity contribution < 1.29 is 19.4 Å². The highest BCUT2D eigenvalue weighted by molar-refractivity contribution is 6.19. The molecule has 0 aliphatic heterocycles. The largest absolute Gasteiger partial charge is 0.481 e. The van der Waals surface area contributed by atoms with Crippen LogP contribution in [-0.2, 0) is 11.3 Å². The number of carbonyl (C=O) groups excluding carboxylic acids is 1. The number of benzene rings is 4. The van der Waals surface area contributed by atoms with Gasteiger partial charge in [0.05, 0.1) is 16.4 Å². The van der Waals surface area contributed by atoms with Gasteiger partial charge in [0.25, 0.3) is 0 Å². The summed E-state index contributed by atoms with van der Waals surface area (Å²) in [5, 5.41) is 12.7. The van der Waals surface area contributed by atoms with Crippen LogP contribution in [-0.4, -0.2) is 28.2 Å². The summed E-state index contributed by atoms with van der Waals surface area (Å²) < 4.78 is 7.71. The summed E-state index contributed by atoms with van der Waals surface area (Å²) in [4.78, 5) is 23.4. The van der Waals surface area contributed by atoms with Gasteiger partial charge in [-0.05, 0) is 40.6 Å². The Bertz CT molecular complexity index is 1510. The minimum atomic E-state index is -1.07. The van der Waals surface area contributed by atoms with Gasteiger partial charge in [-0.25, -0.2) is 4.79 Å². The molecule has 6 nitrogen and oxygen atoms in total. The van der Waals surface area contributed by atoms with Crippen LogP contribution in [0.15, 0.2) is 78.9 Å². The zero-order valence-electron chi connectivity index (χ0n) is 17.1. The van der Waals surface area contributed by atoms with E-state index in [4.69, 9.17) is 15.6 Å². The van der Waals surface area contributed by atoms with Gasteiger partial charge in [0.2, 0.25) is 5.91 Å². The number of aromatic nitrogens is 1. The minimum absolute atomic E-state index is 0.371. The first kappa shape index (κ1) is 19.6. The van der Waals surface area contributed by atoms with E-state index in [9.17, 15) is 9.59 Å². The Balaban J connectivity index is 1.80. The quantitative estimate of drug-likeness (QED) is 0.418. The van der Waals surface area contributed by atoms with E-state index >= 15 is 0 Å². The average Bonchev–Trinajstić information content (AvgIpc) is 3.12. The van der Waals surface area contributed by atoms with Crippen molar-refractivity contribution in [3.05, 3.63) is 90.0 Å². The molecule has 1 heterocycles. The van der Waals surface area contributed by atoms with E-state index in [-0.39, 0.29) is 0 Å². The lowest BCUT2D eigenvalue weighted by atomic mass is 10.0. The second-order valence-corrected chi connectivity index (χ2v) is 7.62. The number of carbonyl (C=O) groups is 2. The van der Waals surface area contributed by atoms with Crippen LogP contribution in [0, 0.1) is 0 Å². The van der Waals surface area contributed by atoms with Gasteiger partial charge in [-0.3, -0.25) is 4.79 Å². The molecule has 0 spiro atoms. The van der Waals surface area contributed by atoms with Crippen molar-refractivity contribution in [3.63, 3.8) is 0 Å². The van der Waals surface area contributed by atoms with E-state index in [1.165, 1.54) is 0 Å². The number of carboxylic acid groups (broad SMARTS) is 1. The van der Waals surface area contributed by atoms with Crippen molar-refractivity contribution in [1.82, 2.24) is 4.57 Å². The molecule has 1 amide bonds. The molecule has 6 heteroatoms. The van der Waals surface area contributed by atoms with Crippen LogP contribution in [0.5, 0.6) is 5.75 Å². The highest BCUT2D eigenvalue weighted by Crippen LogP contribution is 2.38. The van der Waals surface area contributed by atoms with Crippen molar-refractivity contribution >= 4 is 44.5 Å². The number of fused-ring (bicyclic) bond motifs is 4. The lowest BCUT2D eigenvalue weighted by Crippen LogP contribution is -2.11. The third-order valence-corrected chi connectivity index (χ3v) is 5.70. The summed E-state index contributed by atoms with van der Waals surface area (Å²) in [5.41, 5.74) is 8.86. The Morgan fingerprint density at radius 2 is 1.53 bits per heavy atom. The van der Waals surface area contributed by atoms with E-state index < -0.39 is 18.5 Å². The van der Waals surface area contributed by atoms with Crippen LogP contribution in [0.4, 0.5) is 0 Å². The highest BCUT2D eigenvalue weighted by atomic mass is 16.5. The monoisotopic (exact) mass is 424 g/mol. The van der Waals surface area contributed by atoms with E-state index in [0.717, 1.165) is 27.4 Å². The molecule has 0 unspecified atom stereocenters. The number of nitrogens with zero attached hydrogens (tertiary/aromatic N) is 1. The van der Waals surface area contributed by atoms with Crippen LogP contribution in [0.2, 0.25) is 0 Å². The summed E-state index contributed by atoms with van der Waals surface area (Å²) in [6.45, 7) is 0.0831. The lowest BCUT2D eigenvalue weighted by Gasteiger charge is -2.11. The van der Waals surface area contributed by atoms with Crippen molar-refractivity contribution in [2.45, 2.75) is 6.54 Å². The van der Waals surface area contributed by atoms with E-state index in [1.54, 1.807) is 18.2 Å². The van der Waals surface area contributed by atoms with Gasteiger partial charge < -0.3 is 20.1 Å². The molecule has 0 saturated heterocycles. The highest BCUT2D eigenvalue weighted by Gasteiger charge is 2.20. The zero-order chi connectivity index (χ0) is 22.2. The molecule has 0 aliphatic rings. The number of rotatable bonds is 6. The Morgan fingerprint density at radius 3 is 2.31 bits per heavy atom. The number of nitrogens with two attached hydrogens (primary N) is 1. The molecule has 0 bridgehead atoms. The van der Waals surface area contributed by atoms with Crippen molar-refractivity contribution in [2.24, 2.45) is 5.73 Å². The standard InChI is InChI=1S/C26H20N2O4/c27-26(31)19-10-4-11-20-24(19)25-21(12-5-13-22(25)32-15-23(29)30)28(20)14-17-8-3-7-16-6-1-2-9-18(16)17/h1-13H,14-15H2,(H2,27,31)(H,29,30). The maximum atomic E-state index is 12.3. The number of carboxylic acids is 1. The molecule has 0 fully saturated rings. The summed E-state index contributed by atoms with van der Waals surface area (Å²) >= 11 is 0. The maximum Gasteiger partial charge on any atom is 0.341 e. The van der Waals surface area contributed by atoms with Crippen LogP contribution >= 0.6 is 0 Å². The molecule has 158 valence electrons. The summed E-state index contributed by atoms with van der Waals surface area (Å²) in [7, 11) is 0. The number of aliphatic carboxylic acids is 1. The summed E-state index contributed by atoms with van der Waals surface area (Å²) in [6, 6.07) is 25.3. The minimum Gasteiger partial charge on any atom is -0.481 e. The first-order chi connectivity index (χ1) is 15.5. The third kappa shape index (κ3) is 3.22. The SMILES string of the molecule is NC(=O)c1cccc2c1c1c(OCC(=O)O)cccc1n2Cc1cccc2ccccc12. The molecule has 0 atom stereocenters. The van der Waals surface area contributed by atoms with Crippen molar-refractivity contribution in [1.29, 1.82) is 0 Å². The van der Waals surface area contributed by atoms with Gasteiger partial charge in [-0.1, -0.05) is 54.6 Å². The van der Waals surface area contributed by atoms with Crippen LogP contribution in [0.3, 0.4) is 0 Å². The smallest absolute Gasteiger partial charge is 0.341 e. The van der Waals surface area contributed by atoms with E-state index in [2.05, 4.69) is 28.8 Å². The number of hydrogen-bond acceptors (Lipinski definition) is 3. The fourth-order valence-electron chi connectivity index (χ4n) is 4.39. The Morgan fingerprint density at radius 1 is 0.844 bits per heavy atom. The Kier molecular flexibility index (Phi) is 4.75. The van der Waals surface area contributed by atoms with Gasteiger partial charge in [-0.15, -0.1) is 0 Å². The first-order valence-electron chi connectivity index (χ1n) is 10.2. The second kappa shape index (κ2) is 7.74. The molecule has 0 aliphatic carbocycles. The number of hydrogen-bond donors (Lipinski definition) is 2. The predicted octanol–water partition coefficient (Wildman–Crippen LogP) is 4.56. The summed E-state index contributed by atoms with van der Waals surface area (Å²) in [5.74, 6) is -1.22. The van der Waals surface area contributed by atoms with Gasteiger partial charge in [0, 0.05) is 17.5 Å².